The van der Waals surface area contributed by atoms with Crippen molar-refractivity contribution in [3.63, 3.8) is 0 Å². The Hall–Kier alpha value is -1.35. The molecule has 0 aromatic heterocycles. The number of carbonyl (C=O) groups excluding carboxylic acids is 1. The molecule has 1 aromatic rings. The molecule has 110 valence electrons. The summed E-state index contributed by atoms with van der Waals surface area (Å²) in [5.74, 6) is 1.42. The number of amides is 1. The van der Waals surface area contributed by atoms with Crippen LogP contribution in [0, 0.1) is 11.8 Å². The molecule has 0 radical (unpaired) electrons. The van der Waals surface area contributed by atoms with Gasteiger partial charge in [0.05, 0.1) is 0 Å². The number of rotatable bonds is 5. The van der Waals surface area contributed by atoms with Crippen LogP contribution in [0.25, 0.3) is 0 Å². The molecule has 2 rings (SSSR count). The summed E-state index contributed by atoms with van der Waals surface area (Å²) in [6.45, 7) is 4.69. The topological polar surface area (TPSA) is 46.3 Å². The number of benzene rings is 1. The summed E-state index contributed by atoms with van der Waals surface area (Å²) < 4.78 is 0. The van der Waals surface area contributed by atoms with E-state index >= 15 is 0 Å². The summed E-state index contributed by atoms with van der Waals surface area (Å²) in [6.07, 6.45) is 3.66. The summed E-state index contributed by atoms with van der Waals surface area (Å²) in [7, 11) is 0. The van der Waals surface area contributed by atoms with Crippen molar-refractivity contribution in [1.82, 2.24) is 4.90 Å². The maximum Gasteiger partial charge on any atom is 0.222 e. The van der Waals surface area contributed by atoms with Crippen molar-refractivity contribution in [2.75, 3.05) is 19.6 Å². The van der Waals surface area contributed by atoms with Gasteiger partial charge in [0.2, 0.25) is 5.91 Å². The first-order chi connectivity index (χ1) is 9.70. The van der Waals surface area contributed by atoms with Crippen LogP contribution in [-0.2, 0) is 11.2 Å². The first kappa shape index (κ1) is 15.0. The van der Waals surface area contributed by atoms with E-state index < -0.39 is 0 Å². The third kappa shape index (κ3) is 4.07. The molecule has 2 unspecified atom stereocenters. The van der Waals surface area contributed by atoms with Crippen LogP contribution in [0.1, 0.15) is 31.7 Å². The van der Waals surface area contributed by atoms with Gasteiger partial charge < -0.3 is 10.6 Å². The normalized spacial score (nSPS) is 22.8. The van der Waals surface area contributed by atoms with Crippen LogP contribution < -0.4 is 5.73 Å². The van der Waals surface area contributed by atoms with Gasteiger partial charge in [-0.2, -0.15) is 0 Å². The molecule has 2 atom stereocenters. The summed E-state index contributed by atoms with van der Waals surface area (Å²) in [4.78, 5) is 14.3. The highest BCUT2D eigenvalue weighted by Gasteiger charge is 2.27. The summed E-state index contributed by atoms with van der Waals surface area (Å²) >= 11 is 0. The molecule has 1 heterocycles. The lowest BCUT2D eigenvalue weighted by Crippen LogP contribution is -2.45. The highest BCUT2D eigenvalue weighted by atomic mass is 16.2. The zero-order valence-corrected chi connectivity index (χ0v) is 12.4. The van der Waals surface area contributed by atoms with Gasteiger partial charge in [0.1, 0.15) is 0 Å². The van der Waals surface area contributed by atoms with Crippen LogP contribution in [0.2, 0.25) is 0 Å². The number of hydrogen-bond donors (Lipinski definition) is 1. The van der Waals surface area contributed by atoms with Crippen molar-refractivity contribution >= 4 is 5.91 Å². The Morgan fingerprint density at radius 3 is 2.80 bits per heavy atom. The maximum atomic E-state index is 12.2. The molecule has 1 aliphatic rings. The van der Waals surface area contributed by atoms with Gasteiger partial charge >= 0.3 is 0 Å². The maximum absolute atomic E-state index is 12.2. The molecule has 2 N–H and O–H groups in total. The van der Waals surface area contributed by atoms with Gasteiger partial charge in [0.15, 0.2) is 0 Å². The SMILES string of the molecule is CC1CCN(C(=O)CCCc2ccccc2)CC1CN. The van der Waals surface area contributed by atoms with E-state index in [9.17, 15) is 4.79 Å². The smallest absolute Gasteiger partial charge is 0.222 e. The van der Waals surface area contributed by atoms with Crippen LogP contribution >= 0.6 is 0 Å². The molecule has 3 nitrogen and oxygen atoms in total. The number of nitrogens with two attached hydrogens (primary N) is 1. The number of piperidine rings is 1. The van der Waals surface area contributed by atoms with E-state index in [1.54, 1.807) is 0 Å². The summed E-state index contributed by atoms with van der Waals surface area (Å²) in [5.41, 5.74) is 7.11. The van der Waals surface area contributed by atoms with E-state index in [1.807, 2.05) is 11.0 Å². The Morgan fingerprint density at radius 2 is 2.10 bits per heavy atom. The molecule has 20 heavy (non-hydrogen) atoms. The lowest BCUT2D eigenvalue weighted by molar-refractivity contribution is -0.133. The predicted octanol–water partition coefficient (Wildman–Crippen LogP) is 2.45. The van der Waals surface area contributed by atoms with E-state index in [1.165, 1.54) is 5.56 Å². The number of hydrogen-bond acceptors (Lipinski definition) is 2. The summed E-state index contributed by atoms with van der Waals surface area (Å²) in [6, 6.07) is 10.4. The Kier molecular flexibility index (Phi) is 5.60. The average Bonchev–Trinajstić information content (AvgIpc) is 2.48. The van der Waals surface area contributed by atoms with Crippen molar-refractivity contribution in [2.24, 2.45) is 17.6 Å². The zero-order valence-electron chi connectivity index (χ0n) is 12.4. The highest BCUT2D eigenvalue weighted by molar-refractivity contribution is 5.76. The van der Waals surface area contributed by atoms with E-state index in [0.29, 0.717) is 30.7 Å². The fraction of sp³-hybridized carbons (Fsp3) is 0.588. The minimum Gasteiger partial charge on any atom is -0.342 e. The molecule has 1 amide bonds. The van der Waals surface area contributed by atoms with Gasteiger partial charge in [-0.3, -0.25) is 4.79 Å². The summed E-state index contributed by atoms with van der Waals surface area (Å²) in [5, 5.41) is 0. The van der Waals surface area contributed by atoms with E-state index in [0.717, 1.165) is 32.4 Å². The first-order valence-corrected chi connectivity index (χ1v) is 7.72. The van der Waals surface area contributed by atoms with Crippen molar-refractivity contribution in [1.29, 1.82) is 0 Å². The van der Waals surface area contributed by atoms with Gasteiger partial charge in [-0.1, -0.05) is 37.3 Å². The molecule has 0 spiro atoms. The van der Waals surface area contributed by atoms with E-state index in [-0.39, 0.29) is 0 Å². The molecule has 0 saturated carbocycles. The molecule has 1 aromatic carbocycles. The van der Waals surface area contributed by atoms with Gasteiger partial charge in [-0.05, 0) is 43.2 Å². The second kappa shape index (κ2) is 7.44. The van der Waals surface area contributed by atoms with Gasteiger partial charge in [-0.25, -0.2) is 0 Å². The fourth-order valence-electron chi connectivity index (χ4n) is 2.93. The van der Waals surface area contributed by atoms with E-state index in [2.05, 4.69) is 31.2 Å². The fourth-order valence-corrected chi connectivity index (χ4v) is 2.93. The molecule has 3 heteroatoms. The molecule has 1 saturated heterocycles. The molecule has 0 bridgehead atoms. The molecular weight excluding hydrogens is 248 g/mol. The average molecular weight is 274 g/mol. The Bertz CT molecular complexity index is 418. The molecule has 1 fully saturated rings. The number of nitrogens with zero attached hydrogens (tertiary/aromatic N) is 1. The van der Waals surface area contributed by atoms with Gasteiger partial charge in [-0.15, -0.1) is 0 Å². The second-order valence-electron chi connectivity index (χ2n) is 5.94. The number of likely N-dealkylation sites (tertiary alicyclic amines) is 1. The third-order valence-electron chi connectivity index (χ3n) is 4.47. The Balaban J connectivity index is 1.75. The highest BCUT2D eigenvalue weighted by Crippen LogP contribution is 2.23. The second-order valence-corrected chi connectivity index (χ2v) is 5.94. The van der Waals surface area contributed by atoms with Crippen molar-refractivity contribution in [3.05, 3.63) is 35.9 Å². The molecular formula is C17H26N2O. The Morgan fingerprint density at radius 1 is 1.35 bits per heavy atom. The van der Waals surface area contributed by atoms with Crippen molar-refractivity contribution < 1.29 is 4.79 Å². The van der Waals surface area contributed by atoms with Crippen LogP contribution in [0.4, 0.5) is 0 Å². The number of carbonyl (C=O) groups is 1. The first-order valence-electron chi connectivity index (χ1n) is 7.72. The van der Waals surface area contributed by atoms with E-state index in [4.69, 9.17) is 5.73 Å². The minimum absolute atomic E-state index is 0.297. The van der Waals surface area contributed by atoms with Crippen LogP contribution in [-0.4, -0.2) is 30.4 Å². The van der Waals surface area contributed by atoms with Crippen molar-refractivity contribution in [3.8, 4) is 0 Å². The standard InChI is InChI=1S/C17H26N2O/c1-14-10-11-19(13-16(14)12-18)17(20)9-5-8-15-6-3-2-4-7-15/h2-4,6-7,14,16H,5,8-13,18H2,1H3. The Labute approximate surface area is 122 Å². The van der Waals surface area contributed by atoms with Crippen LogP contribution in [0.5, 0.6) is 0 Å². The molecule has 0 aliphatic carbocycles. The van der Waals surface area contributed by atoms with Gasteiger partial charge in [0, 0.05) is 19.5 Å². The van der Waals surface area contributed by atoms with Crippen molar-refractivity contribution in [2.45, 2.75) is 32.6 Å². The largest absolute Gasteiger partial charge is 0.342 e. The minimum atomic E-state index is 0.297. The zero-order chi connectivity index (χ0) is 14.4. The van der Waals surface area contributed by atoms with Gasteiger partial charge in [0.25, 0.3) is 0 Å². The predicted molar refractivity (Wildman–Crippen MR) is 82.3 cm³/mol. The quantitative estimate of drug-likeness (QED) is 0.896. The third-order valence-corrected chi connectivity index (χ3v) is 4.47. The number of aryl methyl sites for hydroxylation is 1. The van der Waals surface area contributed by atoms with Crippen LogP contribution in [0.15, 0.2) is 30.3 Å². The molecule has 1 aliphatic heterocycles. The lowest BCUT2D eigenvalue weighted by Gasteiger charge is -2.36. The monoisotopic (exact) mass is 274 g/mol. The van der Waals surface area contributed by atoms with Crippen LogP contribution in [0.3, 0.4) is 0 Å². The lowest BCUT2D eigenvalue weighted by atomic mass is 9.87.